The molecule has 39 heavy (non-hydrogen) atoms. The zero-order chi connectivity index (χ0) is 27.7. The second-order valence-corrected chi connectivity index (χ2v) is 11.5. The first kappa shape index (κ1) is 27.3. The number of benzene rings is 1. The van der Waals surface area contributed by atoms with E-state index in [0.29, 0.717) is 22.8 Å². The lowest BCUT2D eigenvalue weighted by molar-refractivity contribution is -0.112. The third-order valence-electron chi connectivity index (χ3n) is 5.95. The van der Waals surface area contributed by atoms with Crippen LogP contribution in [0.4, 0.5) is 5.88 Å². The number of rotatable bonds is 11. The van der Waals surface area contributed by atoms with E-state index in [4.69, 9.17) is 35.1 Å². The molecule has 1 atom stereocenters. The second kappa shape index (κ2) is 11.1. The van der Waals surface area contributed by atoms with E-state index in [2.05, 4.69) is 10.1 Å². The Kier molecular flexibility index (Phi) is 7.78. The van der Waals surface area contributed by atoms with E-state index in [0.717, 1.165) is 21.2 Å². The molecule has 5 rings (SSSR count). The number of fused-ring (bicyclic) bond motifs is 2. The molecule has 0 fully saturated rings. The average Bonchev–Trinajstić information content (AvgIpc) is 3.64. The number of ether oxygens (including phenoxy) is 4. The average molecular weight is 594 g/mol. The number of halogens is 1. The van der Waals surface area contributed by atoms with Crippen LogP contribution in [0.2, 0.25) is 5.02 Å². The number of aromatic nitrogens is 2. The Hall–Kier alpha value is -3.23. The molecule has 0 spiro atoms. The standard InChI is InChI=1S/C25H24ClN3O8S2/c1-4-34-25(33-3)29(24-20(26)14(2)28-37-24)39(31,32)22-16-6-5-11-27-23(16)38-21(22)17(30)9-7-15-8-10-18-19(12-15)36-13-35-18/h5-6,8,10-12,25H,4,7,9,13H2,1-3H3. The van der Waals surface area contributed by atoms with Crippen molar-refractivity contribution >= 4 is 54.8 Å². The molecule has 0 saturated heterocycles. The molecule has 0 saturated carbocycles. The molecule has 1 aliphatic rings. The number of thiophene rings is 1. The predicted molar refractivity (Wildman–Crippen MR) is 143 cm³/mol. The lowest BCUT2D eigenvalue weighted by Crippen LogP contribution is -2.43. The van der Waals surface area contributed by atoms with Gasteiger partial charge in [0.1, 0.15) is 20.4 Å². The Morgan fingerprint density at radius 3 is 2.77 bits per heavy atom. The number of nitrogens with zero attached hydrogens (tertiary/aromatic N) is 3. The molecule has 1 aromatic carbocycles. The highest BCUT2D eigenvalue weighted by Crippen LogP contribution is 2.41. The molecule has 3 aromatic heterocycles. The van der Waals surface area contributed by atoms with Gasteiger partial charge in [0.25, 0.3) is 22.3 Å². The van der Waals surface area contributed by atoms with Gasteiger partial charge in [0, 0.05) is 31.7 Å². The summed E-state index contributed by atoms with van der Waals surface area (Å²) in [4.78, 5) is 18.1. The number of anilines is 1. The minimum absolute atomic E-state index is 0.0214. The van der Waals surface area contributed by atoms with Crippen LogP contribution in [0.25, 0.3) is 10.2 Å². The molecule has 1 aliphatic heterocycles. The maximum atomic E-state index is 14.4. The molecule has 1 unspecified atom stereocenters. The first-order valence-corrected chi connectivity index (χ1v) is 14.5. The Morgan fingerprint density at radius 1 is 1.26 bits per heavy atom. The van der Waals surface area contributed by atoms with Crippen LogP contribution < -0.4 is 13.8 Å². The van der Waals surface area contributed by atoms with E-state index in [9.17, 15) is 13.2 Å². The summed E-state index contributed by atoms with van der Waals surface area (Å²) in [5.74, 6) is 0.569. The fourth-order valence-corrected chi connectivity index (χ4v) is 7.52. The summed E-state index contributed by atoms with van der Waals surface area (Å²) >= 11 is 7.38. The van der Waals surface area contributed by atoms with Crippen molar-refractivity contribution < 1.29 is 36.7 Å². The van der Waals surface area contributed by atoms with Gasteiger partial charge in [-0.15, -0.1) is 11.3 Å². The molecule has 0 aliphatic carbocycles. The van der Waals surface area contributed by atoms with Crippen LogP contribution in [-0.4, -0.2) is 51.3 Å². The largest absolute Gasteiger partial charge is 0.454 e. The summed E-state index contributed by atoms with van der Waals surface area (Å²) in [5, 5.41) is 4.04. The first-order chi connectivity index (χ1) is 18.8. The molecule has 0 radical (unpaired) electrons. The number of Topliss-reactive ketones (excluding diaryl/α,β-unsaturated/α-hetero) is 1. The van der Waals surface area contributed by atoms with Gasteiger partial charge >= 0.3 is 0 Å². The van der Waals surface area contributed by atoms with Gasteiger partial charge in [-0.1, -0.05) is 22.8 Å². The molecule has 11 nitrogen and oxygen atoms in total. The fourth-order valence-electron chi connectivity index (χ4n) is 4.09. The Morgan fingerprint density at radius 2 is 2.05 bits per heavy atom. The number of carbonyl (C=O) groups excluding carboxylic acids is 1. The summed E-state index contributed by atoms with van der Waals surface area (Å²) in [6, 6.07) is 8.61. The van der Waals surface area contributed by atoms with E-state index in [1.165, 1.54) is 13.3 Å². The fraction of sp³-hybridized carbons (Fsp3) is 0.320. The lowest BCUT2D eigenvalue weighted by atomic mass is 10.1. The van der Waals surface area contributed by atoms with Crippen LogP contribution in [0.1, 0.15) is 34.3 Å². The van der Waals surface area contributed by atoms with Crippen molar-refractivity contribution in [1.82, 2.24) is 10.1 Å². The molecule has 0 amide bonds. The number of sulfonamides is 1. The summed E-state index contributed by atoms with van der Waals surface area (Å²) in [5.41, 5.74) is 1.12. The highest BCUT2D eigenvalue weighted by atomic mass is 35.5. The predicted octanol–water partition coefficient (Wildman–Crippen LogP) is 4.95. The van der Waals surface area contributed by atoms with Gasteiger partial charge in [0.2, 0.25) is 6.79 Å². The Labute approximate surface area is 233 Å². The molecule has 206 valence electrons. The van der Waals surface area contributed by atoms with Crippen LogP contribution >= 0.6 is 22.9 Å². The van der Waals surface area contributed by atoms with Crippen molar-refractivity contribution in [2.24, 2.45) is 0 Å². The van der Waals surface area contributed by atoms with E-state index < -0.39 is 16.4 Å². The van der Waals surface area contributed by atoms with Crippen molar-refractivity contribution in [2.75, 3.05) is 24.8 Å². The van der Waals surface area contributed by atoms with Crippen molar-refractivity contribution in [1.29, 1.82) is 0 Å². The molecule has 0 N–H and O–H groups in total. The number of pyridine rings is 1. The zero-order valence-electron chi connectivity index (χ0n) is 21.2. The van der Waals surface area contributed by atoms with Gasteiger partial charge in [0.15, 0.2) is 17.3 Å². The Bertz CT molecular complexity index is 1640. The van der Waals surface area contributed by atoms with Gasteiger partial charge in [0.05, 0.1) is 4.88 Å². The normalized spacial score (nSPS) is 13.6. The third-order valence-corrected chi connectivity index (χ3v) is 9.46. The van der Waals surface area contributed by atoms with Gasteiger partial charge in [-0.25, -0.2) is 13.4 Å². The van der Waals surface area contributed by atoms with Gasteiger partial charge < -0.3 is 23.5 Å². The monoisotopic (exact) mass is 593 g/mol. The van der Waals surface area contributed by atoms with Crippen molar-refractivity contribution in [2.45, 2.75) is 38.0 Å². The molecule has 4 heterocycles. The maximum Gasteiger partial charge on any atom is 0.273 e. The van der Waals surface area contributed by atoms with Gasteiger partial charge in [-0.05, 0) is 50.1 Å². The summed E-state index contributed by atoms with van der Waals surface area (Å²) in [6.45, 7) is 3.50. The highest BCUT2D eigenvalue weighted by Gasteiger charge is 2.41. The van der Waals surface area contributed by atoms with Crippen molar-refractivity contribution in [3.05, 3.63) is 57.7 Å². The third kappa shape index (κ3) is 5.08. The smallest absolute Gasteiger partial charge is 0.273 e. The SMILES string of the molecule is CCOC(OC)N(c1onc(C)c1Cl)S(=O)(=O)c1c(C(=O)CCc2ccc3c(c2)OCO3)sc2ncccc12. The number of ketones is 1. The van der Waals surface area contributed by atoms with Crippen LogP contribution in [0.15, 0.2) is 45.9 Å². The number of hydrogen-bond donors (Lipinski definition) is 0. The maximum absolute atomic E-state index is 14.4. The highest BCUT2D eigenvalue weighted by molar-refractivity contribution is 7.93. The minimum Gasteiger partial charge on any atom is -0.454 e. The van der Waals surface area contributed by atoms with Crippen LogP contribution in [0.5, 0.6) is 11.5 Å². The second-order valence-electron chi connectivity index (χ2n) is 8.41. The summed E-state index contributed by atoms with van der Waals surface area (Å²) in [7, 11) is -3.29. The lowest BCUT2D eigenvalue weighted by Gasteiger charge is -2.28. The number of methoxy groups -OCH3 is 1. The topological polar surface area (TPSA) is 130 Å². The van der Waals surface area contributed by atoms with Crippen LogP contribution in [0.3, 0.4) is 0 Å². The number of hydrogen-bond acceptors (Lipinski definition) is 11. The minimum atomic E-state index is -4.57. The van der Waals surface area contributed by atoms with E-state index in [-0.39, 0.29) is 57.4 Å². The van der Waals surface area contributed by atoms with E-state index in [1.54, 1.807) is 38.1 Å². The van der Waals surface area contributed by atoms with Gasteiger partial charge in [-0.3, -0.25) is 4.79 Å². The van der Waals surface area contributed by atoms with Crippen LogP contribution in [0, 0.1) is 6.92 Å². The van der Waals surface area contributed by atoms with Crippen LogP contribution in [-0.2, 0) is 25.9 Å². The molecule has 0 bridgehead atoms. The van der Waals surface area contributed by atoms with E-state index >= 15 is 0 Å². The molecular formula is C25H24ClN3O8S2. The summed E-state index contributed by atoms with van der Waals surface area (Å²) in [6.07, 6.45) is 0.472. The quantitative estimate of drug-likeness (QED) is 0.174. The summed E-state index contributed by atoms with van der Waals surface area (Å²) < 4.78 is 56.6. The molecule has 4 aromatic rings. The van der Waals surface area contributed by atoms with Gasteiger partial charge in [-0.2, -0.15) is 4.31 Å². The molecule has 14 heteroatoms. The number of carbonyl (C=O) groups is 1. The zero-order valence-corrected chi connectivity index (χ0v) is 23.6. The van der Waals surface area contributed by atoms with Crippen molar-refractivity contribution in [3.63, 3.8) is 0 Å². The van der Waals surface area contributed by atoms with Crippen molar-refractivity contribution in [3.8, 4) is 11.5 Å². The Balaban J connectivity index is 1.58. The number of aryl methyl sites for hydroxylation is 2. The first-order valence-electron chi connectivity index (χ1n) is 11.9. The molecular weight excluding hydrogens is 570 g/mol. The van der Waals surface area contributed by atoms with E-state index in [1.807, 2.05) is 6.07 Å².